The van der Waals surface area contributed by atoms with Crippen LogP contribution in [0.1, 0.15) is 38.4 Å². The number of benzene rings is 1. The van der Waals surface area contributed by atoms with Crippen LogP contribution < -0.4 is 15.5 Å². The van der Waals surface area contributed by atoms with E-state index in [9.17, 15) is 4.79 Å². The Hall–Kier alpha value is -2.75. The summed E-state index contributed by atoms with van der Waals surface area (Å²) in [5.41, 5.74) is 3.01. The average Bonchev–Trinajstić information content (AvgIpc) is 3.15. The molecule has 2 aliphatic heterocycles. The molecule has 1 fully saturated rings. The first-order valence-corrected chi connectivity index (χ1v) is 11.5. The smallest absolute Gasteiger partial charge is 0.319 e. The second-order valence-corrected chi connectivity index (χ2v) is 8.64. The van der Waals surface area contributed by atoms with E-state index in [2.05, 4.69) is 29.4 Å². The quantitative estimate of drug-likeness (QED) is 0.661. The Kier molecular flexibility index (Phi) is 7.11. The van der Waals surface area contributed by atoms with Crippen molar-refractivity contribution in [2.45, 2.75) is 45.4 Å². The van der Waals surface area contributed by atoms with Crippen LogP contribution in [0.2, 0.25) is 0 Å². The van der Waals surface area contributed by atoms with Crippen LogP contribution in [0.4, 0.5) is 16.3 Å². The molecule has 0 aliphatic carbocycles. The summed E-state index contributed by atoms with van der Waals surface area (Å²) in [5, 5.41) is 5.55. The summed E-state index contributed by atoms with van der Waals surface area (Å²) >= 11 is 0. The fourth-order valence-corrected chi connectivity index (χ4v) is 4.28. The minimum absolute atomic E-state index is 0.208. The zero-order chi connectivity index (χ0) is 23.4. The predicted molar refractivity (Wildman–Crippen MR) is 126 cm³/mol. The highest BCUT2D eigenvalue weighted by Crippen LogP contribution is 2.42. The molecule has 3 heterocycles. The lowest BCUT2D eigenvalue weighted by molar-refractivity contribution is -0.0448. The van der Waals surface area contributed by atoms with Gasteiger partial charge in [0.25, 0.3) is 0 Å². The van der Waals surface area contributed by atoms with Crippen molar-refractivity contribution in [3.63, 3.8) is 0 Å². The summed E-state index contributed by atoms with van der Waals surface area (Å²) in [6, 6.07) is 7.56. The van der Waals surface area contributed by atoms with Gasteiger partial charge in [-0.3, -0.25) is 0 Å². The van der Waals surface area contributed by atoms with Crippen LogP contribution in [0.25, 0.3) is 11.4 Å². The molecule has 0 spiro atoms. The molecular formula is C24H33N5O4. The number of anilines is 2. The van der Waals surface area contributed by atoms with E-state index in [4.69, 9.17) is 24.2 Å². The zero-order valence-corrected chi connectivity index (χ0v) is 19.8. The number of carbonyl (C=O) groups is 1. The number of morpholine rings is 1. The van der Waals surface area contributed by atoms with Crippen molar-refractivity contribution in [3.8, 4) is 11.4 Å². The predicted octanol–water partition coefficient (Wildman–Crippen LogP) is 3.29. The molecule has 2 aliphatic rings. The molecule has 2 unspecified atom stereocenters. The number of carbonyl (C=O) groups excluding carboxylic acids is 1. The van der Waals surface area contributed by atoms with Gasteiger partial charge in [-0.1, -0.05) is 0 Å². The molecule has 178 valence electrons. The summed E-state index contributed by atoms with van der Waals surface area (Å²) in [4.78, 5) is 24.1. The Bertz CT molecular complexity index is 984. The Morgan fingerprint density at radius 2 is 2.09 bits per heavy atom. The van der Waals surface area contributed by atoms with Gasteiger partial charge in [0.2, 0.25) is 0 Å². The van der Waals surface area contributed by atoms with Crippen molar-refractivity contribution in [2.75, 3.05) is 50.2 Å². The maximum Gasteiger partial charge on any atom is 0.319 e. The minimum Gasteiger partial charge on any atom is -0.385 e. The number of hydrogen-bond acceptors (Lipinski definition) is 7. The lowest BCUT2D eigenvalue weighted by atomic mass is 9.96. The third kappa shape index (κ3) is 4.95. The van der Waals surface area contributed by atoms with Crippen molar-refractivity contribution < 1.29 is 19.0 Å². The van der Waals surface area contributed by atoms with Gasteiger partial charge in [0, 0.05) is 50.0 Å². The first kappa shape index (κ1) is 23.4. The zero-order valence-electron chi connectivity index (χ0n) is 19.8. The Morgan fingerprint density at radius 1 is 1.30 bits per heavy atom. The summed E-state index contributed by atoms with van der Waals surface area (Å²) < 4.78 is 17.2. The lowest BCUT2D eigenvalue weighted by Crippen LogP contribution is -2.44. The van der Waals surface area contributed by atoms with Crippen LogP contribution in [0, 0.1) is 0 Å². The van der Waals surface area contributed by atoms with Crippen LogP contribution in [0.5, 0.6) is 0 Å². The summed E-state index contributed by atoms with van der Waals surface area (Å²) in [6.07, 6.45) is 0.709. The van der Waals surface area contributed by atoms with E-state index in [1.807, 2.05) is 31.2 Å². The Morgan fingerprint density at radius 3 is 2.79 bits per heavy atom. The molecule has 33 heavy (non-hydrogen) atoms. The van der Waals surface area contributed by atoms with Crippen LogP contribution in [0.15, 0.2) is 24.3 Å². The van der Waals surface area contributed by atoms with E-state index < -0.39 is 5.60 Å². The van der Waals surface area contributed by atoms with Crippen molar-refractivity contribution in [1.29, 1.82) is 0 Å². The number of fused-ring (bicyclic) bond motifs is 1. The number of rotatable bonds is 7. The van der Waals surface area contributed by atoms with Gasteiger partial charge in [-0.05, 0) is 45.0 Å². The van der Waals surface area contributed by atoms with Gasteiger partial charge in [0.05, 0.1) is 31.6 Å². The van der Waals surface area contributed by atoms with E-state index in [1.54, 1.807) is 7.11 Å². The van der Waals surface area contributed by atoms with Gasteiger partial charge >= 0.3 is 6.03 Å². The molecule has 2 amide bonds. The van der Waals surface area contributed by atoms with Crippen molar-refractivity contribution in [2.24, 2.45) is 0 Å². The van der Waals surface area contributed by atoms with E-state index in [1.165, 1.54) is 0 Å². The fourth-order valence-electron chi connectivity index (χ4n) is 4.28. The number of nitrogens with zero attached hydrogens (tertiary/aromatic N) is 3. The topological polar surface area (TPSA) is 97.8 Å². The van der Waals surface area contributed by atoms with Crippen molar-refractivity contribution in [1.82, 2.24) is 15.3 Å². The van der Waals surface area contributed by atoms with Crippen LogP contribution in [0.3, 0.4) is 0 Å². The molecule has 0 radical (unpaired) electrons. The van der Waals surface area contributed by atoms with Gasteiger partial charge in [-0.15, -0.1) is 0 Å². The number of ether oxygens (including phenoxy) is 3. The first-order chi connectivity index (χ1) is 15.9. The van der Waals surface area contributed by atoms with Crippen LogP contribution in [-0.4, -0.2) is 62.1 Å². The highest BCUT2D eigenvalue weighted by atomic mass is 16.5. The van der Waals surface area contributed by atoms with Crippen molar-refractivity contribution in [3.05, 3.63) is 35.5 Å². The highest BCUT2D eigenvalue weighted by Gasteiger charge is 2.41. The number of amides is 2. The summed E-state index contributed by atoms with van der Waals surface area (Å²) in [6.45, 7) is 9.83. The maximum absolute atomic E-state index is 11.8. The molecule has 1 aromatic heterocycles. The largest absolute Gasteiger partial charge is 0.385 e. The molecule has 2 N–H and O–H groups in total. The maximum atomic E-state index is 11.8. The van der Waals surface area contributed by atoms with E-state index >= 15 is 0 Å². The Labute approximate surface area is 194 Å². The fraction of sp³-hybridized carbons (Fsp3) is 0.542. The number of nitrogens with one attached hydrogen (secondary N) is 2. The second-order valence-electron chi connectivity index (χ2n) is 8.64. The molecule has 9 heteroatoms. The van der Waals surface area contributed by atoms with E-state index in [0.717, 1.165) is 29.2 Å². The highest BCUT2D eigenvalue weighted by molar-refractivity contribution is 5.89. The number of hydrogen-bond donors (Lipinski definition) is 2. The Balaban J connectivity index is 1.72. The summed E-state index contributed by atoms with van der Waals surface area (Å²) in [7, 11) is 1.70. The molecule has 9 nitrogen and oxygen atoms in total. The SMILES string of the molecule is CCNC(=O)Nc1ccc(-c2nc(N3CCOCC3C)c3c(n2)C(C)(CCOC)OC3)cc1. The van der Waals surface area contributed by atoms with Gasteiger partial charge in [0.1, 0.15) is 11.4 Å². The molecule has 2 aromatic rings. The standard InChI is InChI=1S/C24H33N5O4/c1-5-25-23(30)26-18-8-6-17(7-9-18)21-27-20-19(15-33-24(20,3)10-12-31-4)22(28-21)29-11-13-32-14-16(29)2/h6-9,16H,5,10-15H2,1-4H3,(H2,25,26,30). The van der Waals surface area contributed by atoms with Gasteiger partial charge in [-0.25, -0.2) is 14.8 Å². The number of aromatic nitrogens is 2. The molecule has 1 aromatic carbocycles. The monoisotopic (exact) mass is 455 g/mol. The lowest BCUT2D eigenvalue weighted by Gasteiger charge is -2.35. The normalized spacial score (nSPS) is 22.2. The molecule has 2 atom stereocenters. The van der Waals surface area contributed by atoms with Gasteiger partial charge in [-0.2, -0.15) is 0 Å². The van der Waals surface area contributed by atoms with Crippen molar-refractivity contribution >= 4 is 17.5 Å². The number of methoxy groups -OCH3 is 1. The molecule has 1 saturated heterocycles. The minimum atomic E-state index is -0.535. The van der Waals surface area contributed by atoms with E-state index in [-0.39, 0.29) is 12.1 Å². The van der Waals surface area contributed by atoms with Gasteiger partial charge in [0.15, 0.2) is 5.82 Å². The third-order valence-electron chi connectivity index (χ3n) is 6.18. The number of urea groups is 1. The molecular weight excluding hydrogens is 422 g/mol. The third-order valence-corrected chi connectivity index (χ3v) is 6.18. The van der Waals surface area contributed by atoms with Crippen LogP contribution in [-0.2, 0) is 26.4 Å². The molecule has 0 saturated carbocycles. The molecule has 4 rings (SSSR count). The molecule has 0 bridgehead atoms. The second kappa shape index (κ2) is 10.0. The van der Waals surface area contributed by atoms with Gasteiger partial charge < -0.3 is 29.7 Å². The first-order valence-electron chi connectivity index (χ1n) is 11.5. The average molecular weight is 456 g/mol. The van der Waals surface area contributed by atoms with Crippen LogP contribution >= 0.6 is 0 Å². The van der Waals surface area contributed by atoms with E-state index in [0.29, 0.717) is 50.9 Å². The summed E-state index contributed by atoms with van der Waals surface area (Å²) in [5.74, 6) is 1.55.